The fourth-order valence-electron chi connectivity index (χ4n) is 2.18. The smallest absolute Gasteiger partial charge is 0.0858 e. The number of aromatic nitrogens is 3. The van der Waals surface area contributed by atoms with Gasteiger partial charge < -0.3 is 10.1 Å². The minimum Gasteiger partial charge on any atom is -0.380 e. The van der Waals surface area contributed by atoms with Crippen LogP contribution in [0.3, 0.4) is 0 Å². The van der Waals surface area contributed by atoms with E-state index in [4.69, 9.17) is 4.74 Å². The molecule has 1 fully saturated rings. The van der Waals surface area contributed by atoms with E-state index in [-0.39, 0.29) is 6.10 Å². The molecule has 5 nitrogen and oxygen atoms in total. The summed E-state index contributed by atoms with van der Waals surface area (Å²) < 4.78 is 5.53. The van der Waals surface area contributed by atoms with Crippen molar-refractivity contribution in [3.05, 3.63) is 36.7 Å². The molecule has 1 saturated heterocycles. The molecule has 18 heavy (non-hydrogen) atoms. The zero-order valence-electron chi connectivity index (χ0n) is 10.3. The van der Waals surface area contributed by atoms with Gasteiger partial charge in [-0.1, -0.05) is 0 Å². The standard InChI is InChI=1S/C13H16N4O/c1-10-13(6-9-18-10)16-11-2-4-12(5-3-11)17-14-7-8-15-17/h2-5,7-8,10,13,16H,6,9H2,1H3/t10-,13-/m0/s1. The lowest BCUT2D eigenvalue weighted by Crippen LogP contribution is -2.26. The van der Waals surface area contributed by atoms with Crippen molar-refractivity contribution in [2.75, 3.05) is 11.9 Å². The Morgan fingerprint density at radius 2 is 1.94 bits per heavy atom. The highest BCUT2D eigenvalue weighted by molar-refractivity contribution is 5.49. The predicted molar refractivity (Wildman–Crippen MR) is 68.8 cm³/mol. The van der Waals surface area contributed by atoms with Crippen LogP contribution in [-0.2, 0) is 4.74 Å². The molecular weight excluding hydrogens is 228 g/mol. The van der Waals surface area contributed by atoms with Crippen LogP contribution in [-0.4, -0.2) is 33.7 Å². The first-order chi connectivity index (χ1) is 8.83. The molecule has 0 unspecified atom stereocenters. The van der Waals surface area contributed by atoms with Gasteiger partial charge in [-0.15, -0.1) is 0 Å². The van der Waals surface area contributed by atoms with Gasteiger partial charge in [-0.25, -0.2) is 0 Å². The van der Waals surface area contributed by atoms with E-state index < -0.39 is 0 Å². The van der Waals surface area contributed by atoms with E-state index in [9.17, 15) is 0 Å². The third kappa shape index (κ3) is 2.22. The number of nitrogens with zero attached hydrogens (tertiary/aromatic N) is 3. The van der Waals surface area contributed by atoms with Crippen molar-refractivity contribution in [2.24, 2.45) is 0 Å². The molecule has 3 rings (SSSR count). The normalized spacial score (nSPS) is 23.2. The summed E-state index contributed by atoms with van der Waals surface area (Å²) in [5, 5.41) is 11.7. The molecule has 2 aromatic rings. The van der Waals surface area contributed by atoms with Crippen LogP contribution in [0.5, 0.6) is 0 Å². The maximum absolute atomic E-state index is 5.53. The van der Waals surface area contributed by atoms with Gasteiger partial charge in [0.05, 0.1) is 30.2 Å². The van der Waals surface area contributed by atoms with Crippen LogP contribution >= 0.6 is 0 Å². The van der Waals surface area contributed by atoms with Crippen molar-refractivity contribution in [1.82, 2.24) is 15.0 Å². The third-order valence-corrected chi connectivity index (χ3v) is 3.25. The first-order valence-corrected chi connectivity index (χ1v) is 6.18. The Labute approximate surface area is 106 Å². The lowest BCUT2D eigenvalue weighted by atomic mass is 10.1. The van der Waals surface area contributed by atoms with Gasteiger partial charge in [0.2, 0.25) is 0 Å². The minimum atomic E-state index is 0.275. The van der Waals surface area contributed by atoms with Crippen LogP contribution in [0, 0.1) is 0 Å². The molecule has 2 heterocycles. The molecule has 0 bridgehead atoms. The Morgan fingerprint density at radius 3 is 2.56 bits per heavy atom. The molecular formula is C13H16N4O. The lowest BCUT2D eigenvalue weighted by Gasteiger charge is -2.17. The van der Waals surface area contributed by atoms with Gasteiger partial charge in [0.15, 0.2) is 0 Å². The van der Waals surface area contributed by atoms with Crippen LogP contribution in [0.15, 0.2) is 36.7 Å². The van der Waals surface area contributed by atoms with Crippen molar-refractivity contribution < 1.29 is 4.74 Å². The number of rotatable bonds is 3. The molecule has 0 spiro atoms. The van der Waals surface area contributed by atoms with Crippen LogP contribution in [0.1, 0.15) is 13.3 Å². The van der Waals surface area contributed by atoms with E-state index in [1.807, 2.05) is 24.3 Å². The van der Waals surface area contributed by atoms with E-state index in [1.54, 1.807) is 17.2 Å². The first kappa shape index (κ1) is 11.2. The highest BCUT2D eigenvalue weighted by atomic mass is 16.5. The molecule has 1 aromatic heterocycles. The molecule has 1 aliphatic heterocycles. The second-order valence-corrected chi connectivity index (χ2v) is 4.48. The summed E-state index contributed by atoms with van der Waals surface area (Å²) in [4.78, 5) is 1.60. The Morgan fingerprint density at radius 1 is 1.22 bits per heavy atom. The van der Waals surface area contributed by atoms with Crippen molar-refractivity contribution in [2.45, 2.75) is 25.5 Å². The number of anilines is 1. The van der Waals surface area contributed by atoms with Crippen LogP contribution in [0.25, 0.3) is 5.69 Å². The van der Waals surface area contributed by atoms with Crippen molar-refractivity contribution in [3.8, 4) is 5.69 Å². The van der Waals surface area contributed by atoms with E-state index in [0.29, 0.717) is 6.04 Å². The monoisotopic (exact) mass is 244 g/mol. The van der Waals surface area contributed by atoms with Gasteiger partial charge in [0.1, 0.15) is 0 Å². The molecule has 0 aliphatic carbocycles. The number of hydrogen-bond acceptors (Lipinski definition) is 4. The summed E-state index contributed by atoms with van der Waals surface area (Å²) in [6.07, 6.45) is 4.68. The highest BCUT2D eigenvalue weighted by Crippen LogP contribution is 2.19. The number of benzene rings is 1. The average molecular weight is 244 g/mol. The number of hydrogen-bond donors (Lipinski definition) is 1. The second kappa shape index (κ2) is 4.78. The van der Waals surface area contributed by atoms with E-state index >= 15 is 0 Å². The van der Waals surface area contributed by atoms with Gasteiger partial charge in [-0.3, -0.25) is 0 Å². The van der Waals surface area contributed by atoms with Crippen molar-refractivity contribution >= 4 is 5.69 Å². The predicted octanol–water partition coefficient (Wildman–Crippen LogP) is 1.86. The Hall–Kier alpha value is -1.88. The van der Waals surface area contributed by atoms with Gasteiger partial charge in [0, 0.05) is 12.3 Å². The maximum Gasteiger partial charge on any atom is 0.0858 e. The molecule has 1 aliphatic rings. The highest BCUT2D eigenvalue weighted by Gasteiger charge is 2.23. The van der Waals surface area contributed by atoms with Crippen LogP contribution in [0.2, 0.25) is 0 Å². The van der Waals surface area contributed by atoms with Crippen molar-refractivity contribution in [1.29, 1.82) is 0 Å². The molecule has 1 aromatic carbocycles. The third-order valence-electron chi connectivity index (χ3n) is 3.25. The molecule has 94 valence electrons. The quantitative estimate of drug-likeness (QED) is 0.895. The Bertz CT molecular complexity index is 494. The molecule has 0 radical (unpaired) electrons. The Kier molecular flexibility index (Phi) is 2.98. The molecule has 0 amide bonds. The van der Waals surface area contributed by atoms with Gasteiger partial charge in [0.25, 0.3) is 0 Å². The van der Waals surface area contributed by atoms with E-state index in [0.717, 1.165) is 24.4 Å². The van der Waals surface area contributed by atoms with Gasteiger partial charge >= 0.3 is 0 Å². The van der Waals surface area contributed by atoms with E-state index in [1.165, 1.54) is 0 Å². The topological polar surface area (TPSA) is 52.0 Å². The summed E-state index contributed by atoms with van der Waals surface area (Å²) in [6.45, 7) is 2.95. The molecule has 2 atom stereocenters. The fraction of sp³-hybridized carbons (Fsp3) is 0.385. The molecule has 5 heteroatoms. The summed E-state index contributed by atoms with van der Waals surface area (Å²) in [5.41, 5.74) is 2.06. The second-order valence-electron chi connectivity index (χ2n) is 4.48. The van der Waals surface area contributed by atoms with E-state index in [2.05, 4.69) is 22.4 Å². The summed E-state index contributed by atoms with van der Waals surface area (Å²) in [6, 6.07) is 8.50. The number of ether oxygens (including phenoxy) is 1. The van der Waals surface area contributed by atoms with Crippen LogP contribution in [0.4, 0.5) is 5.69 Å². The van der Waals surface area contributed by atoms with Gasteiger partial charge in [-0.2, -0.15) is 15.0 Å². The zero-order chi connectivity index (χ0) is 12.4. The first-order valence-electron chi connectivity index (χ1n) is 6.18. The fourth-order valence-corrected chi connectivity index (χ4v) is 2.18. The average Bonchev–Trinajstić information content (AvgIpc) is 3.03. The molecule has 0 saturated carbocycles. The lowest BCUT2D eigenvalue weighted by molar-refractivity contribution is 0.121. The van der Waals surface area contributed by atoms with Crippen LogP contribution < -0.4 is 5.32 Å². The summed E-state index contributed by atoms with van der Waals surface area (Å²) in [7, 11) is 0. The van der Waals surface area contributed by atoms with Gasteiger partial charge in [-0.05, 0) is 37.6 Å². The SMILES string of the molecule is C[C@@H]1OCC[C@@H]1Nc1ccc(-n2nccn2)cc1. The largest absolute Gasteiger partial charge is 0.380 e. The Balaban J connectivity index is 1.71. The summed E-state index contributed by atoms with van der Waals surface area (Å²) >= 11 is 0. The maximum atomic E-state index is 5.53. The molecule has 1 N–H and O–H groups in total. The zero-order valence-corrected chi connectivity index (χ0v) is 10.3. The number of nitrogens with one attached hydrogen (secondary N) is 1. The minimum absolute atomic E-state index is 0.275. The van der Waals surface area contributed by atoms with Crippen molar-refractivity contribution in [3.63, 3.8) is 0 Å². The summed E-state index contributed by atoms with van der Waals surface area (Å²) in [5.74, 6) is 0.